The van der Waals surface area contributed by atoms with Crippen LogP contribution in [0, 0.1) is 0 Å². The number of H-pyrrole nitrogens is 1. The second-order valence-corrected chi connectivity index (χ2v) is 5.13. The van der Waals surface area contributed by atoms with Crippen molar-refractivity contribution in [3.8, 4) is 5.75 Å². The van der Waals surface area contributed by atoms with Crippen LogP contribution in [0.1, 0.15) is 25.8 Å². The molecule has 0 bridgehead atoms. The number of hydrogen-bond donors (Lipinski definition) is 2. The molecule has 3 N–H and O–H groups in total. The van der Waals surface area contributed by atoms with E-state index in [0.29, 0.717) is 19.4 Å². The summed E-state index contributed by atoms with van der Waals surface area (Å²) in [6, 6.07) is 5.79. The molecular formula is C16H22N2O3. The zero-order chi connectivity index (χ0) is 15.5. The van der Waals surface area contributed by atoms with Crippen molar-refractivity contribution in [3.05, 3.63) is 30.0 Å². The number of aromatic nitrogens is 1. The van der Waals surface area contributed by atoms with Gasteiger partial charge in [0.1, 0.15) is 11.3 Å². The normalized spacial score (nSPS) is 13.9. The zero-order valence-corrected chi connectivity index (χ0v) is 12.7. The maximum absolute atomic E-state index is 12.1. The summed E-state index contributed by atoms with van der Waals surface area (Å²) >= 11 is 0. The molecule has 0 unspecified atom stereocenters. The summed E-state index contributed by atoms with van der Waals surface area (Å²) in [6.45, 7) is 4.01. The number of nitrogens with one attached hydrogen (secondary N) is 1. The number of aromatic amines is 1. The minimum atomic E-state index is -1.01. The lowest BCUT2D eigenvalue weighted by Crippen LogP contribution is -2.50. The summed E-state index contributed by atoms with van der Waals surface area (Å²) < 4.78 is 10.4. The lowest BCUT2D eigenvalue weighted by molar-refractivity contribution is -0.149. The summed E-state index contributed by atoms with van der Waals surface area (Å²) in [6.07, 6.45) is 2.83. The molecule has 5 heteroatoms. The molecular weight excluding hydrogens is 268 g/mol. The summed E-state index contributed by atoms with van der Waals surface area (Å²) in [4.78, 5) is 15.3. The quantitative estimate of drug-likeness (QED) is 0.801. The van der Waals surface area contributed by atoms with Crippen molar-refractivity contribution in [1.82, 2.24) is 4.98 Å². The van der Waals surface area contributed by atoms with Gasteiger partial charge in [0.15, 0.2) is 0 Å². The Balaban J connectivity index is 2.35. The predicted molar refractivity (Wildman–Crippen MR) is 82.4 cm³/mol. The number of nitrogens with two attached hydrogens (primary N) is 1. The van der Waals surface area contributed by atoms with Gasteiger partial charge in [-0.05, 0) is 37.1 Å². The number of benzene rings is 1. The van der Waals surface area contributed by atoms with Crippen LogP contribution in [-0.2, 0) is 16.0 Å². The van der Waals surface area contributed by atoms with E-state index in [9.17, 15) is 4.79 Å². The van der Waals surface area contributed by atoms with Crippen LogP contribution in [0.2, 0.25) is 0 Å². The Morgan fingerprint density at radius 3 is 2.76 bits per heavy atom. The molecule has 0 spiro atoms. The van der Waals surface area contributed by atoms with Gasteiger partial charge in [0.2, 0.25) is 0 Å². The molecule has 0 radical (unpaired) electrons. The van der Waals surface area contributed by atoms with Crippen LogP contribution in [0.4, 0.5) is 0 Å². The Bertz CT molecular complexity index is 635. The van der Waals surface area contributed by atoms with Crippen LogP contribution in [0.3, 0.4) is 0 Å². The molecule has 5 nitrogen and oxygen atoms in total. The molecule has 0 fully saturated rings. The van der Waals surface area contributed by atoms with Crippen LogP contribution in [0.5, 0.6) is 5.75 Å². The molecule has 2 rings (SSSR count). The van der Waals surface area contributed by atoms with Gasteiger partial charge in [-0.3, -0.25) is 4.79 Å². The summed E-state index contributed by atoms with van der Waals surface area (Å²) in [7, 11) is 1.63. The van der Waals surface area contributed by atoms with E-state index in [2.05, 4.69) is 4.98 Å². The predicted octanol–water partition coefficient (Wildman–Crippen LogP) is 2.39. The maximum Gasteiger partial charge on any atom is 0.326 e. The number of ether oxygens (including phenoxy) is 2. The molecule has 0 amide bonds. The highest BCUT2D eigenvalue weighted by molar-refractivity contribution is 5.87. The van der Waals surface area contributed by atoms with Crippen LogP contribution in [-0.4, -0.2) is 30.2 Å². The first kappa shape index (κ1) is 15.4. The Kier molecular flexibility index (Phi) is 4.53. The number of carbonyl (C=O) groups excluding carboxylic acids is 1. The second kappa shape index (κ2) is 6.18. The Labute approximate surface area is 124 Å². The molecule has 2 aromatic rings. The summed E-state index contributed by atoms with van der Waals surface area (Å²) in [5.74, 6) is 0.420. The van der Waals surface area contributed by atoms with E-state index in [1.54, 1.807) is 14.0 Å². The molecule has 0 saturated carbocycles. The third-order valence-corrected chi connectivity index (χ3v) is 3.79. The molecule has 0 aliphatic heterocycles. The van der Waals surface area contributed by atoms with Gasteiger partial charge in [-0.2, -0.15) is 0 Å². The SMILES string of the molecule is CCOC(=O)[C@](N)(CC)Cc1c[nH]c2ccc(OC)cc12. The highest BCUT2D eigenvalue weighted by atomic mass is 16.5. The lowest BCUT2D eigenvalue weighted by Gasteiger charge is -2.25. The van der Waals surface area contributed by atoms with Crippen LogP contribution < -0.4 is 10.5 Å². The molecule has 1 aromatic heterocycles. The Morgan fingerprint density at radius 1 is 1.38 bits per heavy atom. The van der Waals surface area contributed by atoms with Crippen molar-refractivity contribution < 1.29 is 14.3 Å². The van der Waals surface area contributed by atoms with Gasteiger partial charge in [-0.1, -0.05) is 6.92 Å². The minimum Gasteiger partial charge on any atom is -0.497 e. The fourth-order valence-corrected chi connectivity index (χ4v) is 2.39. The first-order valence-electron chi connectivity index (χ1n) is 7.14. The maximum atomic E-state index is 12.1. The monoisotopic (exact) mass is 290 g/mol. The standard InChI is InChI=1S/C16H22N2O3/c1-4-16(17,15(19)21-5-2)9-11-10-18-14-7-6-12(20-3)8-13(11)14/h6-8,10,18H,4-5,9,17H2,1-3H3/t16-/m0/s1. The number of fused-ring (bicyclic) bond motifs is 1. The first-order chi connectivity index (χ1) is 10.0. The fourth-order valence-electron chi connectivity index (χ4n) is 2.39. The lowest BCUT2D eigenvalue weighted by atomic mass is 9.89. The molecule has 1 atom stereocenters. The molecule has 0 aliphatic rings. The summed E-state index contributed by atoms with van der Waals surface area (Å²) in [5.41, 5.74) is 7.24. The van der Waals surface area contributed by atoms with E-state index in [1.807, 2.05) is 31.3 Å². The minimum absolute atomic E-state index is 0.333. The highest BCUT2D eigenvalue weighted by Gasteiger charge is 2.34. The van der Waals surface area contributed by atoms with Crippen LogP contribution in [0.15, 0.2) is 24.4 Å². The first-order valence-corrected chi connectivity index (χ1v) is 7.14. The largest absolute Gasteiger partial charge is 0.497 e. The van der Waals surface area contributed by atoms with Crippen molar-refractivity contribution in [2.45, 2.75) is 32.2 Å². The van der Waals surface area contributed by atoms with Gasteiger partial charge in [-0.15, -0.1) is 0 Å². The number of esters is 1. The van der Waals surface area contributed by atoms with Gasteiger partial charge >= 0.3 is 5.97 Å². The van der Waals surface area contributed by atoms with E-state index < -0.39 is 5.54 Å². The van der Waals surface area contributed by atoms with Gasteiger partial charge < -0.3 is 20.2 Å². The van der Waals surface area contributed by atoms with Gasteiger partial charge in [0, 0.05) is 23.5 Å². The van der Waals surface area contributed by atoms with Gasteiger partial charge in [0.25, 0.3) is 0 Å². The average Bonchev–Trinajstić information content (AvgIpc) is 2.89. The molecule has 1 heterocycles. The highest BCUT2D eigenvalue weighted by Crippen LogP contribution is 2.27. The Hall–Kier alpha value is -2.01. The summed E-state index contributed by atoms with van der Waals surface area (Å²) in [5, 5.41) is 1.02. The van der Waals surface area contributed by atoms with E-state index in [4.69, 9.17) is 15.2 Å². The van der Waals surface area contributed by atoms with E-state index in [0.717, 1.165) is 22.2 Å². The van der Waals surface area contributed by atoms with E-state index in [-0.39, 0.29) is 5.97 Å². The molecule has 1 aromatic carbocycles. The van der Waals surface area contributed by atoms with Crippen molar-refractivity contribution in [3.63, 3.8) is 0 Å². The second-order valence-electron chi connectivity index (χ2n) is 5.13. The third-order valence-electron chi connectivity index (χ3n) is 3.79. The zero-order valence-electron chi connectivity index (χ0n) is 12.7. The number of methoxy groups -OCH3 is 1. The number of rotatable bonds is 6. The van der Waals surface area contributed by atoms with E-state index >= 15 is 0 Å². The van der Waals surface area contributed by atoms with Crippen LogP contribution >= 0.6 is 0 Å². The Morgan fingerprint density at radius 2 is 2.14 bits per heavy atom. The molecule has 0 aliphatic carbocycles. The topological polar surface area (TPSA) is 77.3 Å². The molecule has 114 valence electrons. The fraction of sp³-hybridized carbons (Fsp3) is 0.438. The van der Waals surface area contributed by atoms with Crippen molar-refractivity contribution >= 4 is 16.9 Å². The van der Waals surface area contributed by atoms with E-state index in [1.165, 1.54) is 0 Å². The number of hydrogen-bond acceptors (Lipinski definition) is 4. The van der Waals surface area contributed by atoms with Gasteiger partial charge in [-0.25, -0.2) is 0 Å². The van der Waals surface area contributed by atoms with Crippen molar-refractivity contribution in [1.29, 1.82) is 0 Å². The van der Waals surface area contributed by atoms with Crippen LogP contribution in [0.25, 0.3) is 10.9 Å². The van der Waals surface area contributed by atoms with Gasteiger partial charge in [0.05, 0.1) is 13.7 Å². The molecule has 0 saturated heterocycles. The average molecular weight is 290 g/mol. The smallest absolute Gasteiger partial charge is 0.326 e. The molecule has 21 heavy (non-hydrogen) atoms. The van der Waals surface area contributed by atoms with Crippen molar-refractivity contribution in [2.24, 2.45) is 5.73 Å². The number of carbonyl (C=O) groups is 1. The van der Waals surface area contributed by atoms with Crippen molar-refractivity contribution in [2.75, 3.05) is 13.7 Å². The third kappa shape index (κ3) is 3.03.